The minimum absolute atomic E-state index is 0.0317. The summed E-state index contributed by atoms with van der Waals surface area (Å²) in [5.41, 5.74) is 7.03. The standard InChI is InChI=1S/C14H16N2O3S/c1-10-5-3-4-6-13(10)16(2)20(18,19)11-7-8-14(17)12(15)9-11/h3-9,17H,15H2,1-2H3. The van der Waals surface area contributed by atoms with Crippen LogP contribution in [0.4, 0.5) is 11.4 Å². The van der Waals surface area contributed by atoms with Gasteiger partial charge in [0.15, 0.2) is 0 Å². The number of nitrogens with zero attached hydrogens (tertiary/aromatic N) is 1. The molecule has 0 aliphatic heterocycles. The van der Waals surface area contributed by atoms with Gasteiger partial charge in [-0.2, -0.15) is 0 Å². The van der Waals surface area contributed by atoms with E-state index in [2.05, 4.69) is 0 Å². The number of aromatic hydroxyl groups is 1. The molecule has 0 amide bonds. The van der Waals surface area contributed by atoms with Gasteiger partial charge in [-0.05, 0) is 36.8 Å². The van der Waals surface area contributed by atoms with Gasteiger partial charge in [-0.25, -0.2) is 8.42 Å². The highest BCUT2D eigenvalue weighted by molar-refractivity contribution is 7.92. The molecule has 0 radical (unpaired) electrons. The summed E-state index contributed by atoms with van der Waals surface area (Å²) >= 11 is 0. The molecule has 0 aliphatic carbocycles. The molecule has 0 unspecified atom stereocenters. The lowest BCUT2D eigenvalue weighted by Crippen LogP contribution is -2.27. The molecule has 0 saturated heterocycles. The fraction of sp³-hybridized carbons (Fsp3) is 0.143. The monoisotopic (exact) mass is 292 g/mol. The van der Waals surface area contributed by atoms with E-state index in [-0.39, 0.29) is 16.3 Å². The molecule has 2 aromatic carbocycles. The second kappa shape index (κ2) is 5.05. The van der Waals surface area contributed by atoms with E-state index in [1.54, 1.807) is 12.1 Å². The fourth-order valence-electron chi connectivity index (χ4n) is 1.90. The zero-order valence-corrected chi connectivity index (χ0v) is 12.1. The fourth-order valence-corrected chi connectivity index (χ4v) is 3.19. The van der Waals surface area contributed by atoms with Crippen LogP contribution in [0, 0.1) is 6.92 Å². The molecule has 106 valence electrons. The van der Waals surface area contributed by atoms with E-state index < -0.39 is 10.0 Å². The lowest BCUT2D eigenvalue weighted by Gasteiger charge is -2.21. The zero-order valence-electron chi connectivity index (χ0n) is 11.2. The Balaban J connectivity index is 2.50. The number of nitrogen functional groups attached to an aromatic ring is 1. The van der Waals surface area contributed by atoms with Gasteiger partial charge in [0.25, 0.3) is 10.0 Å². The van der Waals surface area contributed by atoms with E-state index in [1.807, 2.05) is 19.1 Å². The highest BCUT2D eigenvalue weighted by Gasteiger charge is 2.22. The molecule has 2 aromatic rings. The number of anilines is 2. The third-order valence-corrected chi connectivity index (χ3v) is 4.88. The summed E-state index contributed by atoms with van der Waals surface area (Å²) in [6, 6.07) is 11.0. The number of rotatable bonds is 3. The van der Waals surface area contributed by atoms with Gasteiger partial charge >= 0.3 is 0 Å². The first-order valence-corrected chi connectivity index (χ1v) is 7.41. The Kier molecular flexibility index (Phi) is 3.59. The number of hydrogen-bond acceptors (Lipinski definition) is 4. The Morgan fingerprint density at radius 2 is 1.80 bits per heavy atom. The van der Waals surface area contributed by atoms with Crippen molar-refractivity contribution in [1.29, 1.82) is 0 Å². The third-order valence-electron chi connectivity index (χ3n) is 3.11. The van der Waals surface area contributed by atoms with E-state index in [0.29, 0.717) is 5.69 Å². The maximum absolute atomic E-state index is 12.5. The summed E-state index contributed by atoms with van der Waals surface area (Å²) in [5.74, 6) is -0.137. The summed E-state index contributed by atoms with van der Waals surface area (Å²) in [5, 5.41) is 9.38. The van der Waals surface area contributed by atoms with E-state index in [0.717, 1.165) is 5.56 Å². The molecule has 0 saturated carbocycles. The predicted octanol–water partition coefficient (Wildman–Crippen LogP) is 2.11. The van der Waals surface area contributed by atoms with Crippen molar-refractivity contribution in [1.82, 2.24) is 0 Å². The van der Waals surface area contributed by atoms with Crippen LogP contribution < -0.4 is 10.0 Å². The maximum atomic E-state index is 12.5. The highest BCUT2D eigenvalue weighted by atomic mass is 32.2. The minimum Gasteiger partial charge on any atom is -0.506 e. The van der Waals surface area contributed by atoms with Crippen molar-refractivity contribution in [2.45, 2.75) is 11.8 Å². The molecular formula is C14H16N2O3S. The van der Waals surface area contributed by atoms with Crippen molar-refractivity contribution in [2.24, 2.45) is 0 Å². The molecule has 0 heterocycles. The van der Waals surface area contributed by atoms with Crippen LogP contribution in [-0.2, 0) is 10.0 Å². The molecule has 0 bridgehead atoms. The number of aryl methyl sites for hydroxylation is 1. The predicted molar refractivity (Wildman–Crippen MR) is 79.3 cm³/mol. The van der Waals surface area contributed by atoms with Gasteiger partial charge in [-0.1, -0.05) is 18.2 Å². The Hall–Kier alpha value is -2.21. The lowest BCUT2D eigenvalue weighted by molar-refractivity contribution is 0.477. The van der Waals surface area contributed by atoms with Crippen LogP contribution in [0.2, 0.25) is 0 Å². The molecule has 0 aliphatic rings. The number of benzene rings is 2. The smallest absolute Gasteiger partial charge is 0.264 e. The van der Waals surface area contributed by atoms with E-state index in [1.165, 1.54) is 29.6 Å². The molecule has 0 atom stereocenters. The molecule has 0 aromatic heterocycles. The Morgan fingerprint density at radius 3 is 2.40 bits per heavy atom. The van der Waals surface area contributed by atoms with Gasteiger partial charge in [0.1, 0.15) is 5.75 Å². The normalized spacial score (nSPS) is 11.3. The average molecular weight is 292 g/mol. The average Bonchev–Trinajstić information content (AvgIpc) is 2.41. The number of para-hydroxylation sites is 1. The summed E-state index contributed by atoms with van der Waals surface area (Å²) < 4.78 is 26.3. The van der Waals surface area contributed by atoms with Crippen LogP contribution in [0.3, 0.4) is 0 Å². The van der Waals surface area contributed by atoms with Gasteiger partial charge in [-0.15, -0.1) is 0 Å². The summed E-state index contributed by atoms with van der Waals surface area (Å²) in [4.78, 5) is 0.0403. The van der Waals surface area contributed by atoms with Crippen molar-refractivity contribution in [3.8, 4) is 5.75 Å². The van der Waals surface area contributed by atoms with Crippen LogP contribution in [0.25, 0.3) is 0 Å². The van der Waals surface area contributed by atoms with Crippen molar-refractivity contribution in [3.63, 3.8) is 0 Å². The molecular weight excluding hydrogens is 276 g/mol. The SMILES string of the molecule is Cc1ccccc1N(C)S(=O)(=O)c1ccc(O)c(N)c1. The quantitative estimate of drug-likeness (QED) is 0.670. The van der Waals surface area contributed by atoms with Gasteiger partial charge in [-0.3, -0.25) is 4.31 Å². The van der Waals surface area contributed by atoms with Gasteiger partial charge in [0.05, 0.1) is 16.3 Å². The molecule has 0 spiro atoms. The van der Waals surface area contributed by atoms with Gasteiger partial charge in [0.2, 0.25) is 0 Å². The van der Waals surface area contributed by atoms with Crippen LogP contribution in [-0.4, -0.2) is 20.6 Å². The topological polar surface area (TPSA) is 83.6 Å². The maximum Gasteiger partial charge on any atom is 0.264 e. The highest BCUT2D eigenvalue weighted by Crippen LogP contribution is 2.28. The van der Waals surface area contributed by atoms with Crippen molar-refractivity contribution in [3.05, 3.63) is 48.0 Å². The van der Waals surface area contributed by atoms with E-state index in [4.69, 9.17) is 5.73 Å². The Labute approximate surface area is 118 Å². The first-order valence-electron chi connectivity index (χ1n) is 5.97. The minimum atomic E-state index is -3.71. The summed E-state index contributed by atoms with van der Waals surface area (Å²) in [7, 11) is -2.22. The van der Waals surface area contributed by atoms with Gasteiger partial charge < -0.3 is 10.8 Å². The number of phenolic OH excluding ortho intramolecular Hbond substituents is 1. The van der Waals surface area contributed by atoms with E-state index >= 15 is 0 Å². The second-order valence-corrected chi connectivity index (χ2v) is 6.45. The summed E-state index contributed by atoms with van der Waals surface area (Å²) in [6.45, 7) is 1.84. The number of sulfonamides is 1. The molecule has 20 heavy (non-hydrogen) atoms. The Morgan fingerprint density at radius 1 is 1.15 bits per heavy atom. The second-order valence-electron chi connectivity index (χ2n) is 4.48. The van der Waals surface area contributed by atoms with Crippen LogP contribution in [0.1, 0.15) is 5.56 Å². The van der Waals surface area contributed by atoms with Crippen LogP contribution in [0.15, 0.2) is 47.4 Å². The summed E-state index contributed by atoms with van der Waals surface area (Å²) in [6.07, 6.45) is 0. The van der Waals surface area contributed by atoms with Crippen molar-refractivity contribution < 1.29 is 13.5 Å². The Bertz CT molecular complexity index is 742. The molecule has 2 rings (SSSR count). The number of phenols is 1. The number of nitrogens with two attached hydrogens (primary N) is 1. The largest absolute Gasteiger partial charge is 0.506 e. The molecule has 3 N–H and O–H groups in total. The molecule has 5 nitrogen and oxygen atoms in total. The van der Waals surface area contributed by atoms with Gasteiger partial charge in [0, 0.05) is 7.05 Å². The lowest BCUT2D eigenvalue weighted by atomic mass is 10.2. The van der Waals surface area contributed by atoms with Crippen molar-refractivity contribution in [2.75, 3.05) is 17.1 Å². The van der Waals surface area contributed by atoms with Crippen molar-refractivity contribution >= 4 is 21.4 Å². The first-order chi connectivity index (χ1) is 9.34. The zero-order chi connectivity index (χ0) is 14.9. The third kappa shape index (κ3) is 2.42. The van der Waals surface area contributed by atoms with Crippen LogP contribution >= 0.6 is 0 Å². The van der Waals surface area contributed by atoms with Crippen LogP contribution in [0.5, 0.6) is 5.75 Å². The number of hydrogen-bond donors (Lipinski definition) is 2. The first kappa shape index (κ1) is 14.2. The molecule has 6 heteroatoms. The van der Waals surface area contributed by atoms with E-state index in [9.17, 15) is 13.5 Å². The molecule has 0 fully saturated rings.